The second kappa shape index (κ2) is 17.5. The molecule has 12 nitrogen and oxygen atoms in total. The van der Waals surface area contributed by atoms with Crippen LogP contribution in [-0.2, 0) is 14.3 Å². The maximum absolute atomic E-state index is 11.6. The lowest BCUT2D eigenvalue weighted by Gasteiger charge is -2.39. The average molecular weight is 537 g/mol. The molecule has 4 aliphatic heterocycles. The molecule has 0 amide bonds. The largest absolute Gasteiger partial charge is 0.412 e. The van der Waals surface area contributed by atoms with E-state index in [0.29, 0.717) is 17.8 Å². The van der Waals surface area contributed by atoms with Crippen LogP contribution in [0.5, 0.6) is 0 Å². The van der Waals surface area contributed by atoms with E-state index in [-0.39, 0.29) is 23.6 Å². The number of H-pyrrole nitrogens is 1. The molecule has 0 bridgehead atoms. The number of carbonyl (C=O) groups excluding carboxylic acids is 1. The van der Waals surface area contributed by atoms with Gasteiger partial charge in [0.1, 0.15) is 11.6 Å². The van der Waals surface area contributed by atoms with Crippen LogP contribution in [0.3, 0.4) is 0 Å². The number of anilines is 1. The molecule has 12 heteroatoms. The van der Waals surface area contributed by atoms with Gasteiger partial charge in [0.25, 0.3) is 0 Å². The first-order chi connectivity index (χ1) is 18.1. The Kier molecular flexibility index (Phi) is 14.8. The van der Waals surface area contributed by atoms with Gasteiger partial charge in [0.2, 0.25) is 0 Å². The highest BCUT2D eigenvalue weighted by Gasteiger charge is 2.29. The lowest BCUT2D eigenvalue weighted by Crippen LogP contribution is -2.45. The molecule has 5 rings (SSSR count). The number of rotatable bonds is 5. The molecule has 4 aliphatic rings. The molecule has 0 radical (unpaired) electrons. The van der Waals surface area contributed by atoms with Crippen molar-refractivity contribution < 1.29 is 19.7 Å². The van der Waals surface area contributed by atoms with Gasteiger partial charge in [-0.1, -0.05) is 0 Å². The minimum atomic E-state index is 0. The molecular weight excluding hydrogens is 488 g/mol. The molecule has 1 aromatic heterocycles. The van der Waals surface area contributed by atoms with Gasteiger partial charge in [-0.05, 0) is 77.5 Å². The van der Waals surface area contributed by atoms with E-state index < -0.39 is 0 Å². The Hall–Kier alpha value is -2.11. The Morgan fingerprint density at radius 3 is 1.82 bits per heavy atom. The zero-order valence-electron chi connectivity index (χ0n) is 22.7. The predicted molar refractivity (Wildman–Crippen MR) is 146 cm³/mol. The predicted octanol–water partition coefficient (Wildman–Crippen LogP) is 0.705. The Balaban J connectivity index is 0.000000245. The fraction of sp³-hybridized carbons (Fsp3) is 0.808. The van der Waals surface area contributed by atoms with Gasteiger partial charge in [-0.25, -0.2) is 0 Å². The molecule has 0 saturated carbocycles. The quantitative estimate of drug-likeness (QED) is 0.306. The number of carbonyl (C=O) groups is 1. The van der Waals surface area contributed by atoms with Crippen molar-refractivity contribution in [2.24, 2.45) is 17.6 Å². The number of nitrogens with zero attached hydrogens (tertiary/aromatic N) is 4. The van der Waals surface area contributed by atoms with E-state index in [4.69, 9.17) is 20.5 Å². The molecule has 0 spiro atoms. The van der Waals surface area contributed by atoms with Crippen LogP contribution in [0.25, 0.3) is 0 Å². The maximum Gasteiger partial charge on any atom is 0.150 e. The fourth-order valence-corrected chi connectivity index (χ4v) is 6.05. The number of Topliss-reactive ketones (excluding diaryl/α,β-unsaturated/α-hetero) is 1. The van der Waals surface area contributed by atoms with Crippen LogP contribution in [-0.4, -0.2) is 95.9 Å². The highest BCUT2D eigenvalue weighted by Crippen LogP contribution is 2.30. The highest BCUT2D eigenvalue weighted by atomic mass is 16.5. The van der Waals surface area contributed by atoms with Gasteiger partial charge in [-0.15, -0.1) is 0 Å². The fourth-order valence-electron chi connectivity index (χ4n) is 6.05. The third-order valence-electron chi connectivity index (χ3n) is 8.24. The van der Waals surface area contributed by atoms with Crippen LogP contribution in [0.4, 0.5) is 5.82 Å². The van der Waals surface area contributed by atoms with E-state index in [2.05, 4.69) is 31.7 Å². The number of piperidine rings is 2. The minimum Gasteiger partial charge on any atom is -0.412 e. The van der Waals surface area contributed by atoms with Crippen LogP contribution >= 0.6 is 0 Å². The molecular formula is C26H48N8O4. The van der Waals surface area contributed by atoms with E-state index >= 15 is 0 Å². The van der Waals surface area contributed by atoms with Gasteiger partial charge < -0.3 is 30.5 Å². The maximum atomic E-state index is 11.6. The van der Waals surface area contributed by atoms with Crippen molar-refractivity contribution in [3.05, 3.63) is 11.8 Å². The summed E-state index contributed by atoms with van der Waals surface area (Å²) in [6.45, 7) is 8.00. The topological polar surface area (TPSA) is 204 Å². The van der Waals surface area contributed by atoms with Crippen molar-refractivity contribution in [1.82, 2.24) is 20.0 Å². The molecule has 216 valence electrons. The number of hydrogen-bond acceptors (Lipinski definition) is 10. The molecule has 5 heterocycles. The Morgan fingerprint density at radius 1 is 0.921 bits per heavy atom. The highest BCUT2D eigenvalue weighted by molar-refractivity contribution is 5.82. The number of aromatic amines is 1. The average Bonchev–Trinajstić information content (AvgIpc) is 3.42. The smallest absolute Gasteiger partial charge is 0.150 e. The molecule has 9 N–H and O–H groups in total. The van der Waals surface area contributed by atoms with Gasteiger partial charge in [-0.2, -0.15) is 10.4 Å². The molecule has 0 aliphatic carbocycles. The summed E-state index contributed by atoms with van der Waals surface area (Å²) in [5.74, 6) is 9.48. The number of hydrogen-bond donors (Lipinski definition) is 4. The molecule has 0 unspecified atom stereocenters. The van der Waals surface area contributed by atoms with Gasteiger partial charge in [0, 0.05) is 62.1 Å². The lowest BCUT2D eigenvalue weighted by atomic mass is 9.90. The van der Waals surface area contributed by atoms with Crippen molar-refractivity contribution in [3.8, 4) is 6.07 Å². The number of hydrazine groups is 1. The van der Waals surface area contributed by atoms with Gasteiger partial charge in [0.05, 0.1) is 12.5 Å². The van der Waals surface area contributed by atoms with Crippen molar-refractivity contribution in [2.45, 2.75) is 75.8 Å². The van der Waals surface area contributed by atoms with Gasteiger partial charge in [0.15, 0.2) is 0 Å². The minimum absolute atomic E-state index is 0. The van der Waals surface area contributed by atoms with Crippen LogP contribution in [0.1, 0.15) is 69.4 Å². The zero-order valence-corrected chi connectivity index (χ0v) is 22.7. The number of nitrogen functional groups attached to an aromatic ring is 1. The van der Waals surface area contributed by atoms with Crippen LogP contribution < -0.4 is 17.4 Å². The monoisotopic (exact) mass is 536 g/mol. The second-order valence-electron chi connectivity index (χ2n) is 10.4. The molecule has 0 aromatic carbocycles. The third-order valence-corrected chi connectivity index (χ3v) is 8.24. The van der Waals surface area contributed by atoms with Gasteiger partial charge >= 0.3 is 0 Å². The van der Waals surface area contributed by atoms with Crippen molar-refractivity contribution in [1.29, 1.82) is 5.26 Å². The number of nitrogens with one attached hydrogen (secondary N) is 1. The van der Waals surface area contributed by atoms with E-state index in [0.717, 1.165) is 71.2 Å². The Bertz CT molecular complexity index is 819. The number of ketones is 1. The summed E-state index contributed by atoms with van der Waals surface area (Å²) < 4.78 is 10.8. The first-order valence-corrected chi connectivity index (χ1v) is 13.8. The Morgan fingerprint density at radius 2 is 1.39 bits per heavy atom. The summed E-state index contributed by atoms with van der Waals surface area (Å²) >= 11 is 0. The Labute approximate surface area is 226 Å². The summed E-state index contributed by atoms with van der Waals surface area (Å²) in [5, 5.41) is 15.6. The summed E-state index contributed by atoms with van der Waals surface area (Å²) in [7, 11) is 0. The van der Waals surface area contributed by atoms with E-state index in [1.807, 2.05) is 12.1 Å². The van der Waals surface area contributed by atoms with Crippen molar-refractivity contribution >= 4 is 11.6 Å². The zero-order chi connectivity index (χ0) is 26.5. The standard InChI is InChI=1S/C13H22N4O.C13H20N2O2.H4N2.H2O/c14-13-9-12(15-16-13)10-1-5-17(6-2-10)11-3-7-18-8-4-11;14-6-1-13(16)11-2-7-15(8-3-11)12-4-9-17-10-5-12;1-2;/h9-11H,1-8H2,(H3,14,15,16);11-12H,1-5,7-10H2;1-2H2;1H2. The molecule has 0 atom stereocenters. The number of nitrogens with two attached hydrogens (primary N) is 3. The molecule has 38 heavy (non-hydrogen) atoms. The number of ether oxygens (including phenoxy) is 2. The molecule has 4 fully saturated rings. The molecule has 4 saturated heterocycles. The first-order valence-electron chi connectivity index (χ1n) is 13.8. The summed E-state index contributed by atoms with van der Waals surface area (Å²) in [4.78, 5) is 16.8. The van der Waals surface area contributed by atoms with Gasteiger partial charge in [-0.3, -0.25) is 21.6 Å². The summed E-state index contributed by atoms with van der Waals surface area (Å²) in [6.07, 6.45) is 8.99. The van der Waals surface area contributed by atoms with E-state index in [9.17, 15) is 4.79 Å². The van der Waals surface area contributed by atoms with Crippen molar-refractivity contribution in [2.75, 3.05) is 58.3 Å². The normalized spacial score (nSPS) is 22.7. The first kappa shape index (κ1) is 32.1. The van der Waals surface area contributed by atoms with Crippen molar-refractivity contribution in [3.63, 3.8) is 0 Å². The van der Waals surface area contributed by atoms with Crippen LogP contribution in [0.15, 0.2) is 6.07 Å². The second-order valence-corrected chi connectivity index (χ2v) is 10.4. The lowest BCUT2D eigenvalue weighted by molar-refractivity contribution is -0.123. The third kappa shape index (κ3) is 9.57. The number of likely N-dealkylation sites (tertiary alicyclic amines) is 2. The summed E-state index contributed by atoms with van der Waals surface area (Å²) in [6, 6.07) is 5.33. The summed E-state index contributed by atoms with van der Waals surface area (Å²) in [5.41, 5.74) is 6.87. The SMILES string of the molecule is N#CCC(=O)C1CCN(C2CCOCC2)CC1.NN.Nc1cc(C2CCN(C3CCOCC3)CC2)[nH]n1.O. The van der Waals surface area contributed by atoms with E-state index in [1.165, 1.54) is 44.5 Å². The van der Waals surface area contributed by atoms with Crippen LogP contribution in [0, 0.1) is 17.2 Å². The molecule has 1 aromatic rings. The number of nitriles is 1. The van der Waals surface area contributed by atoms with E-state index in [1.54, 1.807) is 0 Å². The number of aromatic nitrogens is 2. The van der Waals surface area contributed by atoms with Crippen LogP contribution in [0.2, 0.25) is 0 Å².